The van der Waals surface area contributed by atoms with Crippen LogP contribution in [0.5, 0.6) is 5.88 Å². The first kappa shape index (κ1) is 15.5. The van der Waals surface area contributed by atoms with Crippen molar-refractivity contribution in [2.24, 2.45) is 0 Å². The molecule has 3 rings (SSSR count). The third-order valence-corrected chi connectivity index (χ3v) is 4.71. The second-order valence-electron chi connectivity index (χ2n) is 5.96. The van der Waals surface area contributed by atoms with E-state index in [1.54, 1.807) is 0 Å². The molecule has 122 valence electrons. The summed E-state index contributed by atoms with van der Waals surface area (Å²) < 4.78 is 43.3. The first-order chi connectivity index (χ1) is 10.4. The van der Waals surface area contributed by atoms with E-state index in [9.17, 15) is 18.3 Å². The summed E-state index contributed by atoms with van der Waals surface area (Å²) in [6.45, 7) is 1.27. The molecule has 2 fully saturated rings. The van der Waals surface area contributed by atoms with Gasteiger partial charge in [0.1, 0.15) is 6.61 Å². The van der Waals surface area contributed by atoms with Gasteiger partial charge in [-0.2, -0.15) is 18.3 Å². The van der Waals surface area contributed by atoms with Crippen LogP contribution in [0.3, 0.4) is 0 Å². The Bertz CT molecular complexity index is 540. The second kappa shape index (κ2) is 5.66. The Labute approximate surface area is 126 Å². The Balaban J connectivity index is 1.64. The lowest BCUT2D eigenvalue weighted by Crippen LogP contribution is -2.46. The Kier molecular flexibility index (Phi) is 3.98. The van der Waals surface area contributed by atoms with Gasteiger partial charge < -0.3 is 9.84 Å². The topological polar surface area (TPSA) is 58.5 Å². The molecule has 0 aliphatic carbocycles. The fourth-order valence-corrected chi connectivity index (χ4v) is 3.57. The number of nitrogens with zero attached hydrogens (tertiary/aromatic N) is 3. The van der Waals surface area contributed by atoms with Crippen LogP contribution in [-0.2, 0) is 6.18 Å². The van der Waals surface area contributed by atoms with Gasteiger partial charge in [0.2, 0.25) is 5.88 Å². The van der Waals surface area contributed by atoms with Crippen molar-refractivity contribution in [2.75, 3.05) is 19.8 Å². The summed E-state index contributed by atoms with van der Waals surface area (Å²) in [4.78, 5) is 2.23. The van der Waals surface area contributed by atoms with E-state index in [4.69, 9.17) is 4.74 Å². The number of halogens is 3. The third-order valence-electron chi connectivity index (χ3n) is 4.71. The van der Waals surface area contributed by atoms with Crippen molar-refractivity contribution < 1.29 is 23.0 Å². The van der Waals surface area contributed by atoms with Crippen LogP contribution < -0.4 is 4.74 Å². The molecule has 2 saturated heterocycles. The highest BCUT2D eigenvalue weighted by molar-refractivity contribution is 5.19. The van der Waals surface area contributed by atoms with Crippen LogP contribution in [0.25, 0.3) is 0 Å². The lowest BCUT2D eigenvalue weighted by molar-refractivity contribution is -0.138. The molecule has 0 amide bonds. The minimum atomic E-state index is -4.46. The molecule has 0 saturated carbocycles. The van der Waals surface area contributed by atoms with Crippen LogP contribution in [0.1, 0.15) is 31.2 Å². The summed E-state index contributed by atoms with van der Waals surface area (Å²) >= 11 is 0. The fraction of sp³-hybridized carbons (Fsp3) is 0.714. The molecule has 2 aliphatic rings. The minimum absolute atomic E-state index is 0.103. The van der Waals surface area contributed by atoms with Crippen LogP contribution in [0, 0.1) is 0 Å². The molecule has 1 N–H and O–H groups in total. The number of hydrogen-bond acceptors (Lipinski definition) is 5. The molecule has 0 unspecified atom stereocenters. The molecular weight excluding hydrogens is 299 g/mol. The second-order valence-corrected chi connectivity index (χ2v) is 5.96. The molecular formula is C14H18F3N3O2. The lowest BCUT2D eigenvalue weighted by Gasteiger charge is -2.33. The number of hydrogen-bond donors (Lipinski definition) is 1. The van der Waals surface area contributed by atoms with Crippen molar-refractivity contribution in [3.8, 4) is 5.88 Å². The van der Waals surface area contributed by atoms with Gasteiger partial charge in [-0.05, 0) is 32.2 Å². The molecule has 5 nitrogen and oxygen atoms in total. The fourth-order valence-electron chi connectivity index (χ4n) is 3.57. The summed E-state index contributed by atoms with van der Waals surface area (Å²) in [6.07, 6.45) is -0.0232. The first-order valence-corrected chi connectivity index (χ1v) is 7.35. The van der Waals surface area contributed by atoms with E-state index in [1.807, 2.05) is 0 Å². The Morgan fingerprint density at radius 2 is 2.23 bits per heavy atom. The summed E-state index contributed by atoms with van der Waals surface area (Å²) in [7, 11) is 0. The molecule has 0 spiro atoms. The average molecular weight is 317 g/mol. The van der Waals surface area contributed by atoms with Crippen molar-refractivity contribution in [1.82, 2.24) is 15.1 Å². The maximum Gasteiger partial charge on any atom is 0.418 e. The van der Waals surface area contributed by atoms with E-state index in [-0.39, 0.29) is 30.7 Å². The standard InChI is InChI=1S/C14H18F3N3O2/c15-14(16,17)10-6-12(19-18-7-10)22-8-11-2-4-13(9-21)3-1-5-20(11)13/h6-7,11,21H,1-5,8-9H2/t11-,13-/m0/s1. The molecule has 8 heteroatoms. The first-order valence-electron chi connectivity index (χ1n) is 7.35. The largest absolute Gasteiger partial charge is 0.475 e. The van der Waals surface area contributed by atoms with Gasteiger partial charge in [-0.1, -0.05) is 0 Å². The summed E-state index contributed by atoms with van der Waals surface area (Å²) in [5, 5.41) is 16.6. The molecule has 2 aliphatic heterocycles. The minimum Gasteiger partial charge on any atom is -0.475 e. The molecule has 1 aromatic rings. The van der Waals surface area contributed by atoms with E-state index < -0.39 is 11.7 Å². The van der Waals surface area contributed by atoms with Gasteiger partial charge in [0.15, 0.2) is 0 Å². The van der Waals surface area contributed by atoms with E-state index in [0.717, 1.165) is 38.3 Å². The van der Waals surface area contributed by atoms with Crippen LogP contribution in [0.4, 0.5) is 13.2 Å². The maximum absolute atomic E-state index is 12.6. The van der Waals surface area contributed by atoms with E-state index in [1.165, 1.54) is 0 Å². The number of aromatic nitrogens is 2. The van der Waals surface area contributed by atoms with Gasteiger partial charge in [-0.3, -0.25) is 4.90 Å². The van der Waals surface area contributed by atoms with E-state index in [2.05, 4.69) is 15.1 Å². The number of ether oxygens (including phenoxy) is 1. The third kappa shape index (κ3) is 2.77. The number of aliphatic hydroxyl groups is 1. The van der Waals surface area contributed by atoms with Crippen molar-refractivity contribution in [1.29, 1.82) is 0 Å². The molecule has 0 aromatic carbocycles. The highest BCUT2D eigenvalue weighted by Crippen LogP contribution is 2.42. The van der Waals surface area contributed by atoms with Crippen LogP contribution in [0.2, 0.25) is 0 Å². The molecule has 3 heterocycles. The Morgan fingerprint density at radius 3 is 2.95 bits per heavy atom. The van der Waals surface area contributed by atoms with Crippen LogP contribution in [-0.4, -0.2) is 51.5 Å². The van der Waals surface area contributed by atoms with Gasteiger partial charge in [-0.15, -0.1) is 5.10 Å². The maximum atomic E-state index is 12.6. The molecule has 1 aromatic heterocycles. The summed E-state index contributed by atoms with van der Waals surface area (Å²) in [6, 6.07) is 0.969. The van der Waals surface area contributed by atoms with Gasteiger partial charge in [-0.25, -0.2) is 0 Å². The smallest absolute Gasteiger partial charge is 0.418 e. The highest BCUT2D eigenvalue weighted by atomic mass is 19.4. The highest BCUT2D eigenvalue weighted by Gasteiger charge is 2.48. The molecule has 22 heavy (non-hydrogen) atoms. The normalized spacial score (nSPS) is 28.8. The van der Waals surface area contributed by atoms with Crippen molar-refractivity contribution >= 4 is 0 Å². The zero-order chi connectivity index (χ0) is 15.8. The van der Waals surface area contributed by atoms with E-state index in [0.29, 0.717) is 6.20 Å². The number of alkyl halides is 3. The zero-order valence-corrected chi connectivity index (χ0v) is 12.0. The van der Waals surface area contributed by atoms with Crippen molar-refractivity contribution in [2.45, 2.75) is 43.4 Å². The van der Waals surface area contributed by atoms with Crippen LogP contribution in [0.15, 0.2) is 12.3 Å². The van der Waals surface area contributed by atoms with Gasteiger partial charge in [0.05, 0.1) is 18.4 Å². The predicted octanol–water partition coefficient (Wildman–Crippen LogP) is 1.86. The Morgan fingerprint density at radius 1 is 1.41 bits per heavy atom. The quantitative estimate of drug-likeness (QED) is 0.918. The van der Waals surface area contributed by atoms with E-state index >= 15 is 0 Å². The number of fused-ring (bicyclic) bond motifs is 1. The SMILES string of the molecule is OC[C@@]12CCCN1[C@H](COc1cc(C(F)(F)F)cnn1)CC2. The van der Waals surface area contributed by atoms with Crippen molar-refractivity contribution in [3.63, 3.8) is 0 Å². The van der Waals surface area contributed by atoms with Gasteiger partial charge in [0, 0.05) is 17.6 Å². The Hall–Kier alpha value is -1.41. The summed E-state index contributed by atoms with van der Waals surface area (Å²) in [5.41, 5.74) is -1.03. The number of aliphatic hydroxyl groups excluding tert-OH is 1. The molecule has 2 atom stereocenters. The molecule has 0 radical (unpaired) electrons. The van der Waals surface area contributed by atoms with Gasteiger partial charge >= 0.3 is 6.18 Å². The predicted molar refractivity (Wildman–Crippen MR) is 71.3 cm³/mol. The van der Waals surface area contributed by atoms with Crippen molar-refractivity contribution in [3.05, 3.63) is 17.8 Å². The zero-order valence-electron chi connectivity index (χ0n) is 12.0. The molecule has 0 bridgehead atoms. The average Bonchev–Trinajstić information content (AvgIpc) is 3.04. The van der Waals surface area contributed by atoms with Crippen LogP contribution >= 0.6 is 0 Å². The lowest BCUT2D eigenvalue weighted by atomic mass is 9.95. The monoisotopic (exact) mass is 317 g/mol. The summed E-state index contributed by atoms with van der Waals surface area (Å²) in [5.74, 6) is -0.115. The number of rotatable bonds is 4. The van der Waals surface area contributed by atoms with Gasteiger partial charge in [0.25, 0.3) is 0 Å².